The molecule has 0 aromatic heterocycles. The lowest BCUT2D eigenvalue weighted by molar-refractivity contribution is -0.137. The highest BCUT2D eigenvalue weighted by Gasteiger charge is 2.42. The van der Waals surface area contributed by atoms with Crippen LogP contribution >= 0.6 is 0 Å². The lowest BCUT2D eigenvalue weighted by Gasteiger charge is -2.37. The monoisotopic (exact) mass is 284 g/mol. The fourth-order valence-electron chi connectivity index (χ4n) is 3.34. The second-order valence-electron chi connectivity index (χ2n) is 5.85. The van der Waals surface area contributed by atoms with Crippen LogP contribution in [0.25, 0.3) is 0 Å². The zero-order valence-electron chi connectivity index (χ0n) is 11.8. The Balaban J connectivity index is 1.64. The van der Waals surface area contributed by atoms with E-state index in [1.165, 1.54) is 0 Å². The number of unbranched alkanes of at least 4 members (excludes halogenated alkanes) is 2. The van der Waals surface area contributed by atoms with Crippen LogP contribution in [-0.2, 0) is 4.79 Å². The third kappa shape index (κ3) is 3.85. The van der Waals surface area contributed by atoms with Crippen molar-refractivity contribution in [2.24, 2.45) is 0 Å². The Labute approximate surface area is 119 Å². The van der Waals surface area contributed by atoms with E-state index in [-0.39, 0.29) is 30.6 Å². The van der Waals surface area contributed by atoms with Gasteiger partial charge in [-0.1, -0.05) is 6.42 Å². The van der Waals surface area contributed by atoms with Gasteiger partial charge in [-0.05, 0) is 38.5 Å². The van der Waals surface area contributed by atoms with Crippen molar-refractivity contribution in [3.63, 3.8) is 0 Å². The molecule has 2 amide bonds. The molecule has 6 nitrogen and oxygen atoms in total. The zero-order chi connectivity index (χ0) is 14.5. The molecule has 0 aromatic carbocycles. The molecule has 6 heteroatoms. The van der Waals surface area contributed by atoms with Crippen molar-refractivity contribution in [3.05, 3.63) is 0 Å². The Morgan fingerprint density at radius 1 is 1.10 bits per heavy atom. The molecular weight excluding hydrogens is 260 g/mol. The van der Waals surface area contributed by atoms with Crippen LogP contribution in [0, 0.1) is 0 Å². The molecule has 2 aliphatic rings. The molecule has 2 bridgehead atoms. The van der Waals surface area contributed by atoms with E-state index in [1.54, 1.807) is 0 Å². The van der Waals surface area contributed by atoms with Gasteiger partial charge >= 0.3 is 12.0 Å². The summed E-state index contributed by atoms with van der Waals surface area (Å²) in [7, 11) is 0. The third-order valence-electron chi connectivity index (χ3n) is 4.29. The van der Waals surface area contributed by atoms with Gasteiger partial charge in [0.1, 0.15) is 0 Å². The number of carboxylic acid groups (broad SMARTS) is 1. The fraction of sp³-hybridized carbons (Fsp3) is 0.857. The van der Waals surface area contributed by atoms with Gasteiger partial charge in [0.25, 0.3) is 0 Å². The number of carboxylic acids is 1. The standard InChI is InChI=1S/C14H24N2O4/c17-12-8-10-5-6-11(9-12)16(10)14(20)15-7-3-1-2-4-13(18)19/h10-12,17H,1-9H2,(H,15,20)(H,18,19). The lowest BCUT2D eigenvalue weighted by Crippen LogP contribution is -2.52. The SMILES string of the molecule is O=C(O)CCCCCNC(=O)N1C2CCC1CC(O)C2. The lowest BCUT2D eigenvalue weighted by atomic mass is 10.0. The number of nitrogens with zero attached hydrogens (tertiary/aromatic N) is 1. The zero-order valence-corrected chi connectivity index (χ0v) is 11.8. The van der Waals surface area contributed by atoms with Gasteiger partial charge in [-0.15, -0.1) is 0 Å². The first-order chi connectivity index (χ1) is 9.58. The number of fused-ring (bicyclic) bond motifs is 2. The van der Waals surface area contributed by atoms with E-state index >= 15 is 0 Å². The molecule has 0 saturated carbocycles. The minimum Gasteiger partial charge on any atom is -0.481 e. The number of aliphatic hydroxyl groups is 1. The van der Waals surface area contributed by atoms with Gasteiger partial charge in [-0.25, -0.2) is 4.79 Å². The predicted molar refractivity (Wildman–Crippen MR) is 73.4 cm³/mol. The smallest absolute Gasteiger partial charge is 0.317 e. The summed E-state index contributed by atoms with van der Waals surface area (Å²) in [5.74, 6) is -0.766. The molecular formula is C14H24N2O4. The highest BCUT2D eigenvalue weighted by molar-refractivity contribution is 5.75. The van der Waals surface area contributed by atoms with Crippen LogP contribution in [0.5, 0.6) is 0 Å². The summed E-state index contributed by atoms with van der Waals surface area (Å²) in [5, 5.41) is 21.1. The van der Waals surface area contributed by atoms with Gasteiger partial charge in [0, 0.05) is 25.0 Å². The van der Waals surface area contributed by atoms with Gasteiger partial charge < -0.3 is 20.4 Å². The number of urea groups is 1. The van der Waals surface area contributed by atoms with Crippen molar-refractivity contribution in [1.82, 2.24) is 10.2 Å². The molecule has 2 rings (SSSR count). The number of hydrogen-bond donors (Lipinski definition) is 3. The molecule has 0 aliphatic carbocycles. The average Bonchev–Trinajstić information content (AvgIpc) is 2.65. The molecule has 0 aromatic rings. The number of rotatable bonds is 6. The predicted octanol–water partition coefficient (Wildman–Crippen LogP) is 1.33. The van der Waals surface area contributed by atoms with E-state index in [1.807, 2.05) is 4.90 Å². The Morgan fingerprint density at radius 3 is 2.35 bits per heavy atom. The van der Waals surface area contributed by atoms with Crippen molar-refractivity contribution < 1.29 is 19.8 Å². The van der Waals surface area contributed by atoms with Crippen molar-refractivity contribution in [1.29, 1.82) is 0 Å². The molecule has 114 valence electrons. The maximum atomic E-state index is 12.1. The Morgan fingerprint density at radius 2 is 1.75 bits per heavy atom. The number of carbonyl (C=O) groups excluding carboxylic acids is 1. The molecule has 2 aliphatic heterocycles. The summed E-state index contributed by atoms with van der Waals surface area (Å²) in [6, 6.07) is 0.356. The van der Waals surface area contributed by atoms with Crippen LogP contribution in [0.2, 0.25) is 0 Å². The van der Waals surface area contributed by atoms with Gasteiger partial charge in [-0.2, -0.15) is 0 Å². The van der Waals surface area contributed by atoms with E-state index in [0.717, 1.165) is 25.7 Å². The average molecular weight is 284 g/mol. The number of nitrogens with one attached hydrogen (secondary N) is 1. The molecule has 20 heavy (non-hydrogen) atoms. The summed E-state index contributed by atoms with van der Waals surface area (Å²) in [4.78, 5) is 24.4. The first kappa shape index (κ1) is 15.1. The van der Waals surface area contributed by atoms with Crippen LogP contribution in [0.15, 0.2) is 0 Å². The molecule has 2 saturated heterocycles. The van der Waals surface area contributed by atoms with Gasteiger partial charge in [0.2, 0.25) is 0 Å². The van der Waals surface area contributed by atoms with Crippen molar-refractivity contribution >= 4 is 12.0 Å². The van der Waals surface area contributed by atoms with E-state index in [2.05, 4.69) is 5.32 Å². The molecule has 3 N–H and O–H groups in total. The highest BCUT2D eigenvalue weighted by Crippen LogP contribution is 2.35. The fourth-order valence-corrected chi connectivity index (χ4v) is 3.34. The van der Waals surface area contributed by atoms with Crippen LogP contribution in [-0.4, -0.2) is 51.8 Å². The minimum absolute atomic E-state index is 0.0253. The van der Waals surface area contributed by atoms with Gasteiger partial charge in [0.05, 0.1) is 6.10 Å². The summed E-state index contributed by atoms with van der Waals surface area (Å²) in [6.45, 7) is 0.594. The maximum absolute atomic E-state index is 12.1. The molecule has 0 spiro atoms. The molecule has 2 unspecified atom stereocenters. The second-order valence-corrected chi connectivity index (χ2v) is 5.85. The van der Waals surface area contributed by atoms with Crippen molar-refractivity contribution in [2.45, 2.75) is 69.6 Å². The Kier molecular flexibility index (Phi) is 5.23. The molecule has 0 radical (unpaired) electrons. The number of piperidine rings is 1. The summed E-state index contributed by atoms with van der Waals surface area (Å²) in [6.07, 6.45) is 5.61. The van der Waals surface area contributed by atoms with Gasteiger partial charge in [0.15, 0.2) is 0 Å². The Hall–Kier alpha value is -1.30. The number of carbonyl (C=O) groups is 2. The number of aliphatic hydroxyl groups excluding tert-OH is 1. The van der Waals surface area contributed by atoms with Crippen LogP contribution < -0.4 is 5.32 Å². The van der Waals surface area contributed by atoms with E-state index in [9.17, 15) is 14.7 Å². The first-order valence-corrected chi connectivity index (χ1v) is 7.54. The molecule has 2 atom stereocenters. The van der Waals surface area contributed by atoms with E-state index in [4.69, 9.17) is 5.11 Å². The molecule has 2 heterocycles. The maximum Gasteiger partial charge on any atom is 0.317 e. The number of hydrogen-bond acceptors (Lipinski definition) is 3. The van der Waals surface area contributed by atoms with Crippen LogP contribution in [0.4, 0.5) is 4.79 Å². The molecule has 2 fully saturated rings. The van der Waals surface area contributed by atoms with Gasteiger partial charge in [-0.3, -0.25) is 4.79 Å². The number of amides is 2. The van der Waals surface area contributed by atoms with E-state index < -0.39 is 5.97 Å². The third-order valence-corrected chi connectivity index (χ3v) is 4.29. The normalized spacial score (nSPS) is 28.4. The minimum atomic E-state index is -0.766. The summed E-state index contributed by atoms with van der Waals surface area (Å²) in [5.41, 5.74) is 0. The highest BCUT2D eigenvalue weighted by atomic mass is 16.4. The largest absolute Gasteiger partial charge is 0.481 e. The summed E-state index contributed by atoms with van der Waals surface area (Å²) < 4.78 is 0. The van der Waals surface area contributed by atoms with E-state index in [0.29, 0.717) is 25.8 Å². The number of aliphatic carboxylic acids is 1. The van der Waals surface area contributed by atoms with Crippen molar-refractivity contribution in [3.8, 4) is 0 Å². The topological polar surface area (TPSA) is 89.9 Å². The Bertz CT molecular complexity index is 347. The first-order valence-electron chi connectivity index (χ1n) is 7.54. The second kappa shape index (κ2) is 6.92. The quantitative estimate of drug-likeness (QED) is 0.642. The van der Waals surface area contributed by atoms with Crippen LogP contribution in [0.1, 0.15) is 51.4 Å². The van der Waals surface area contributed by atoms with Crippen molar-refractivity contribution in [2.75, 3.05) is 6.54 Å². The summed E-state index contributed by atoms with van der Waals surface area (Å²) >= 11 is 0. The van der Waals surface area contributed by atoms with Crippen LogP contribution in [0.3, 0.4) is 0 Å².